The number of ether oxygens (including phenoxy) is 1. The third kappa shape index (κ3) is 3.70. The summed E-state index contributed by atoms with van der Waals surface area (Å²) >= 11 is 0. The van der Waals surface area contributed by atoms with Crippen molar-refractivity contribution in [2.24, 2.45) is 0 Å². The van der Waals surface area contributed by atoms with E-state index in [9.17, 15) is 14.0 Å². The van der Waals surface area contributed by atoms with Crippen molar-refractivity contribution in [3.05, 3.63) is 42.2 Å². The van der Waals surface area contributed by atoms with Crippen molar-refractivity contribution in [3.63, 3.8) is 0 Å². The number of nitrogens with one attached hydrogen (secondary N) is 2. The van der Waals surface area contributed by atoms with Gasteiger partial charge in [-0.15, -0.1) is 0 Å². The highest BCUT2D eigenvalue weighted by molar-refractivity contribution is 5.94. The van der Waals surface area contributed by atoms with Crippen molar-refractivity contribution in [1.29, 1.82) is 0 Å². The Hall–Kier alpha value is -2.90. The summed E-state index contributed by atoms with van der Waals surface area (Å²) in [5, 5.41) is 5.25. The Bertz CT molecular complexity index is 746. The van der Waals surface area contributed by atoms with E-state index in [2.05, 4.69) is 15.6 Å². The molecule has 1 aliphatic heterocycles. The molecule has 2 heterocycles. The summed E-state index contributed by atoms with van der Waals surface area (Å²) in [4.78, 5) is 26.7. The first kappa shape index (κ1) is 16.0. The summed E-state index contributed by atoms with van der Waals surface area (Å²) in [6.45, 7) is 0.773. The second kappa shape index (κ2) is 7.12. The normalized spacial score (nSPS) is 13.1. The molecule has 0 fully saturated rings. The standard InChI is InChI=1S/C16H17FN4O3/c17-13-9-12(8-11-2-3-14(22)20-15(11)13)24-7-1-4-19-16(23)21-6-5-18-10-21/h5-6,8-10H,1-4,7H2,(H,19,23)(H,20,22). The number of anilines is 1. The zero-order valence-corrected chi connectivity index (χ0v) is 12.9. The maximum atomic E-state index is 14.0. The van der Waals surface area contributed by atoms with Crippen molar-refractivity contribution in [1.82, 2.24) is 14.9 Å². The van der Waals surface area contributed by atoms with Gasteiger partial charge in [-0.25, -0.2) is 14.2 Å². The molecule has 2 amide bonds. The molecule has 0 unspecified atom stereocenters. The van der Waals surface area contributed by atoms with Gasteiger partial charge in [0.2, 0.25) is 5.91 Å². The second-order valence-corrected chi connectivity index (χ2v) is 5.39. The zero-order valence-electron chi connectivity index (χ0n) is 12.9. The van der Waals surface area contributed by atoms with Crippen LogP contribution in [-0.4, -0.2) is 34.6 Å². The largest absolute Gasteiger partial charge is 0.493 e. The number of carbonyl (C=O) groups is 2. The quantitative estimate of drug-likeness (QED) is 0.820. The van der Waals surface area contributed by atoms with E-state index in [-0.39, 0.29) is 17.6 Å². The number of aromatic nitrogens is 2. The summed E-state index contributed by atoms with van der Waals surface area (Å²) in [5.74, 6) is -0.254. The van der Waals surface area contributed by atoms with Gasteiger partial charge in [0.1, 0.15) is 12.1 Å². The SMILES string of the molecule is O=C1CCc2cc(OCCCNC(=O)n3ccnc3)cc(F)c2N1. The number of nitrogens with zero attached hydrogens (tertiary/aromatic N) is 2. The number of hydrogen-bond acceptors (Lipinski definition) is 4. The van der Waals surface area contributed by atoms with Gasteiger partial charge in [-0.05, 0) is 24.5 Å². The van der Waals surface area contributed by atoms with Gasteiger partial charge >= 0.3 is 6.03 Å². The Balaban J connectivity index is 1.46. The highest BCUT2D eigenvalue weighted by Gasteiger charge is 2.19. The Labute approximate surface area is 137 Å². The smallest absolute Gasteiger partial charge is 0.326 e. The van der Waals surface area contributed by atoms with Crippen molar-refractivity contribution < 1.29 is 18.7 Å². The monoisotopic (exact) mass is 332 g/mol. The molecule has 0 saturated heterocycles. The third-order valence-electron chi connectivity index (χ3n) is 3.64. The predicted octanol–water partition coefficient (Wildman–Crippen LogP) is 1.93. The number of benzene rings is 1. The number of imidazole rings is 1. The van der Waals surface area contributed by atoms with Gasteiger partial charge in [0, 0.05) is 31.4 Å². The molecule has 2 N–H and O–H groups in total. The molecule has 0 spiro atoms. The first-order valence-electron chi connectivity index (χ1n) is 7.65. The Morgan fingerprint density at radius 2 is 2.29 bits per heavy atom. The molecule has 7 nitrogen and oxygen atoms in total. The summed E-state index contributed by atoms with van der Waals surface area (Å²) in [6, 6.07) is 2.74. The first-order chi connectivity index (χ1) is 11.6. The molecule has 1 aromatic carbocycles. The Morgan fingerprint density at radius 1 is 1.42 bits per heavy atom. The van der Waals surface area contributed by atoms with Gasteiger partial charge in [-0.3, -0.25) is 9.36 Å². The molecule has 0 bridgehead atoms. The van der Waals surface area contributed by atoms with E-state index < -0.39 is 5.82 Å². The van der Waals surface area contributed by atoms with Crippen LogP contribution in [0.4, 0.5) is 14.9 Å². The molecule has 0 saturated carbocycles. The molecular weight excluding hydrogens is 315 g/mol. The van der Waals surface area contributed by atoms with Gasteiger partial charge in [-0.1, -0.05) is 0 Å². The minimum Gasteiger partial charge on any atom is -0.493 e. The number of rotatable bonds is 5. The van der Waals surface area contributed by atoms with Gasteiger partial charge in [0.15, 0.2) is 5.82 Å². The van der Waals surface area contributed by atoms with Gasteiger partial charge in [0.05, 0.1) is 12.3 Å². The molecule has 1 aromatic heterocycles. The van der Waals surface area contributed by atoms with Crippen LogP contribution in [0.25, 0.3) is 0 Å². The summed E-state index contributed by atoms with van der Waals surface area (Å²) in [5.41, 5.74) is 0.976. The average Bonchev–Trinajstić information content (AvgIpc) is 3.10. The zero-order chi connectivity index (χ0) is 16.9. The van der Waals surface area contributed by atoms with E-state index in [0.717, 1.165) is 5.56 Å². The van der Waals surface area contributed by atoms with E-state index >= 15 is 0 Å². The summed E-state index contributed by atoms with van der Waals surface area (Å²) < 4.78 is 20.9. The fraction of sp³-hybridized carbons (Fsp3) is 0.312. The molecule has 0 radical (unpaired) electrons. The fourth-order valence-corrected chi connectivity index (χ4v) is 2.43. The molecular formula is C16H17FN4O3. The number of carbonyl (C=O) groups excluding carboxylic acids is 2. The Kier molecular flexibility index (Phi) is 4.74. The fourth-order valence-electron chi connectivity index (χ4n) is 2.43. The molecule has 2 aromatic rings. The van der Waals surface area contributed by atoms with Crippen LogP contribution in [0, 0.1) is 5.82 Å². The molecule has 24 heavy (non-hydrogen) atoms. The second-order valence-electron chi connectivity index (χ2n) is 5.39. The molecule has 3 rings (SSSR count). The number of amides is 2. The maximum absolute atomic E-state index is 14.0. The predicted molar refractivity (Wildman–Crippen MR) is 84.5 cm³/mol. The molecule has 8 heteroatoms. The van der Waals surface area contributed by atoms with Gasteiger partial charge < -0.3 is 15.4 Å². The first-order valence-corrected chi connectivity index (χ1v) is 7.65. The third-order valence-corrected chi connectivity index (χ3v) is 3.64. The number of halogens is 1. The van der Waals surface area contributed by atoms with E-state index in [0.29, 0.717) is 38.2 Å². The highest BCUT2D eigenvalue weighted by Crippen LogP contribution is 2.30. The molecule has 1 aliphatic rings. The van der Waals surface area contributed by atoms with E-state index in [4.69, 9.17) is 4.74 Å². The Morgan fingerprint density at radius 3 is 3.08 bits per heavy atom. The van der Waals surface area contributed by atoms with Crippen molar-refractivity contribution >= 4 is 17.6 Å². The maximum Gasteiger partial charge on any atom is 0.326 e. The average molecular weight is 332 g/mol. The van der Waals surface area contributed by atoms with E-state index in [1.807, 2.05) is 0 Å². The highest BCUT2D eigenvalue weighted by atomic mass is 19.1. The molecule has 126 valence electrons. The molecule has 0 aliphatic carbocycles. The van der Waals surface area contributed by atoms with Crippen LogP contribution in [0.3, 0.4) is 0 Å². The van der Waals surface area contributed by atoms with Crippen LogP contribution in [0.5, 0.6) is 5.75 Å². The van der Waals surface area contributed by atoms with Crippen LogP contribution in [-0.2, 0) is 11.2 Å². The lowest BCUT2D eigenvalue weighted by Gasteiger charge is -2.18. The minimum absolute atomic E-state index is 0.177. The van der Waals surface area contributed by atoms with E-state index in [1.54, 1.807) is 12.3 Å². The number of fused-ring (bicyclic) bond motifs is 1. The lowest BCUT2D eigenvalue weighted by molar-refractivity contribution is -0.116. The van der Waals surface area contributed by atoms with Crippen LogP contribution >= 0.6 is 0 Å². The van der Waals surface area contributed by atoms with Gasteiger partial charge in [0.25, 0.3) is 0 Å². The minimum atomic E-state index is -0.496. The lowest BCUT2D eigenvalue weighted by atomic mass is 10.0. The molecule has 0 atom stereocenters. The topological polar surface area (TPSA) is 85.2 Å². The van der Waals surface area contributed by atoms with Crippen molar-refractivity contribution in [2.75, 3.05) is 18.5 Å². The lowest BCUT2D eigenvalue weighted by Crippen LogP contribution is -2.29. The summed E-state index contributed by atoms with van der Waals surface area (Å²) in [7, 11) is 0. The van der Waals surface area contributed by atoms with Crippen LogP contribution < -0.4 is 15.4 Å². The van der Waals surface area contributed by atoms with Crippen molar-refractivity contribution in [2.45, 2.75) is 19.3 Å². The van der Waals surface area contributed by atoms with Crippen LogP contribution in [0.1, 0.15) is 18.4 Å². The number of aryl methyl sites for hydroxylation is 1. The van der Waals surface area contributed by atoms with Crippen LogP contribution in [0.15, 0.2) is 30.9 Å². The number of hydrogen-bond donors (Lipinski definition) is 2. The van der Waals surface area contributed by atoms with Crippen LogP contribution in [0.2, 0.25) is 0 Å². The van der Waals surface area contributed by atoms with E-state index in [1.165, 1.54) is 23.2 Å². The summed E-state index contributed by atoms with van der Waals surface area (Å²) in [6.07, 6.45) is 5.92. The van der Waals surface area contributed by atoms with Crippen molar-refractivity contribution in [3.8, 4) is 5.75 Å². The van der Waals surface area contributed by atoms with Gasteiger partial charge in [-0.2, -0.15) is 0 Å².